The van der Waals surface area contributed by atoms with Crippen LogP contribution in [0.15, 0.2) is 46.9 Å². The standard InChI is InChI=1S/C19H20BrNO4/c1-23-16-10-14(11-17(24-2)19(16)25-3)12-21-18(22)9-6-13-4-7-15(20)8-5-13/h4-11H,12H2,1-3H3,(H,21,22)/b9-6+. The van der Waals surface area contributed by atoms with Gasteiger partial charge in [-0.05, 0) is 41.5 Å². The molecule has 0 saturated heterocycles. The molecule has 0 radical (unpaired) electrons. The van der Waals surface area contributed by atoms with Gasteiger partial charge in [-0.2, -0.15) is 0 Å². The zero-order chi connectivity index (χ0) is 18.2. The first-order chi connectivity index (χ1) is 12.1. The van der Waals surface area contributed by atoms with Gasteiger partial charge in [-0.25, -0.2) is 0 Å². The van der Waals surface area contributed by atoms with E-state index in [2.05, 4.69) is 21.2 Å². The van der Waals surface area contributed by atoms with E-state index < -0.39 is 0 Å². The Bertz CT molecular complexity index is 732. The van der Waals surface area contributed by atoms with E-state index >= 15 is 0 Å². The molecule has 6 heteroatoms. The van der Waals surface area contributed by atoms with E-state index in [1.165, 1.54) is 6.08 Å². The van der Waals surface area contributed by atoms with E-state index in [0.717, 1.165) is 15.6 Å². The molecule has 0 atom stereocenters. The van der Waals surface area contributed by atoms with E-state index in [4.69, 9.17) is 14.2 Å². The van der Waals surface area contributed by atoms with Gasteiger partial charge in [0.1, 0.15) is 0 Å². The van der Waals surface area contributed by atoms with Crippen LogP contribution in [0.2, 0.25) is 0 Å². The lowest BCUT2D eigenvalue weighted by Gasteiger charge is -2.14. The summed E-state index contributed by atoms with van der Waals surface area (Å²) in [5.74, 6) is 1.44. The van der Waals surface area contributed by atoms with Crippen molar-refractivity contribution in [2.24, 2.45) is 0 Å². The molecule has 0 fully saturated rings. The quantitative estimate of drug-likeness (QED) is 0.711. The average Bonchev–Trinajstić information content (AvgIpc) is 2.64. The Labute approximate surface area is 155 Å². The summed E-state index contributed by atoms with van der Waals surface area (Å²) in [7, 11) is 4.66. The molecule has 0 spiro atoms. The van der Waals surface area contributed by atoms with Crippen LogP contribution in [0, 0.1) is 0 Å². The molecule has 0 unspecified atom stereocenters. The van der Waals surface area contributed by atoms with Gasteiger partial charge in [-0.1, -0.05) is 28.1 Å². The van der Waals surface area contributed by atoms with Crippen LogP contribution in [-0.4, -0.2) is 27.2 Å². The van der Waals surface area contributed by atoms with Crippen LogP contribution in [0.5, 0.6) is 17.2 Å². The fourth-order valence-corrected chi connectivity index (χ4v) is 2.50. The molecule has 2 rings (SSSR count). The Morgan fingerprint density at radius 2 is 1.64 bits per heavy atom. The van der Waals surface area contributed by atoms with Crippen molar-refractivity contribution in [3.8, 4) is 17.2 Å². The largest absolute Gasteiger partial charge is 0.493 e. The number of halogens is 1. The monoisotopic (exact) mass is 405 g/mol. The lowest BCUT2D eigenvalue weighted by atomic mass is 10.1. The van der Waals surface area contributed by atoms with Gasteiger partial charge in [0.25, 0.3) is 0 Å². The van der Waals surface area contributed by atoms with Crippen molar-refractivity contribution in [3.05, 3.63) is 58.1 Å². The SMILES string of the molecule is COc1cc(CNC(=O)/C=C/c2ccc(Br)cc2)cc(OC)c1OC. The summed E-state index contributed by atoms with van der Waals surface area (Å²) in [6.07, 6.45) is 3.26. The number of carbonyl (C=O) groups excluding carboxylic acids is 1. The Morgan fingerprint density at radius 1 is 1.04 bits per heavy atom. The minimum Gasteiger partial charge on any atom is -0.493 e. The van der Waals surface area contributed by atoms with E-state index in [-0.39, 0.29) is 5.91 Å². The highest BCUT2D eigenvalue weighted by atomic mass is 79.9. The molecule has 0 aromatic heterocycles. The van der Waals surface area contributed by atoms with Gasteiger partial charge in [0, 0.05) is 17.1 Å². The summed E-state index contributed by atoms with van der Waals surface area (Å²) in [6.45, 7) is 0.347. The zero-order valence-electron chi connectivity index (χ0n) is 14.3. The Balaban J connectivity index is 2.02. The second-order valence-electron chi connectivity index (χ2n) is 5.14. The second kappa shape index (κ2) is 9.13. The highest BCUT2D eigenvalue weighted by Gasteiger charge is 2.13. The van der Waals surface area contributed by atoms with Crippen LogP contribution in [0.3, 0.4) is 0 Å². The molecule has 2 aromatic rings. The number of hydrogen-bond donors (Lipinski definition) is 1. The Hall–Kier alpha value is -2.47. The molecule has 5 nitrogen and oxygen atoms in total. The number of rotatable bonds is 7. The molecule has 25 heavy (non-hydrogen) atoms. The molecule has 0 aliphatic rings. The molecule has 0 saturated carbocycles. The van der Waals surface area contributed by atoms with E-state index in [9.17, 15) is 4.79 Å². The number of methoxy groups -OCH3 is 3. The van der Waals surface area contributed by atoms with Crippen molar-refractivity contribution < 1.29 is 19.0 Å². The van der Waals surface area contributed by atoms with Gasteiger partial charge in [0.2, 0.25) is 11.7 Å². The zero-order valence-corrected chi connectivity index (χ0v) is 15.9. The fraction of sp³-hybridized carbons (Fsp3) is 0.211. The summed E-state index contributed by atoms with van der Waals surface area (Å²) < 4.78 is 16.9. The van der Waals surface area contributed by atoms with Gasteiger partial charge in [0.15, 0.2) is 11.5 Å². The predicted molar refractivity (Wildman–Crippen MR) is 101 cm³/mol. The van der Waals surface area contributed by atoms with Gasteiger partial charge in [-0.3, -0.25) is 4.79 Å². The van der Waals surface area contributed by atoms with Gasteiger partial charge >= 0.3 is 0 Å². The fourth-order valence-electron chi connectivity index (χ4n) is 2.23. The molecule has 0 aliphatic carbocycles. The number of nitrogens with one attached hydrogen (secondary N) is 1. The second-order valence-corrected chi connectivity index (χ2v) is 6.05. The van der Waals surface area contributed by atoms with Crippen LogP contribution >= 0.6 is 15.9 Å². The molecule has 1 N–H and O–H groups in total. The van der Waals surface area contributed by atoms with Crippen molar-refractivity contribution in [2.75, 3.05) is 21.3 Å². The number of ether oxygens (including phenoxy) is 3. The van der Waals surface area contributed by atoms with Crippen molar-refractivity contribution in [1.29, 1.82) is 0 Å². The minimum absolute atomic E-state index is 0.184. The molecule has 0 heterocycles. The van der Waals surface area contributed by atoms with Gasteiger partial charge in [0.05, 0.1) is 21.3 Å². The van der Waals surface area contributed by atoms with Crippen LogP contribution in [0.25, 0.3) is 6.08 Å². The van der Waals surface area contributed by atoms with Gasteiger partial charge in [-0.15, -0.1) is 0 Å². The van der Waals surface area contributed by atoms with E-state index in [1.54, 1.807) is 39.5 Å². The average molecular weight is 406 g/mol. The number of carbonyl (C=O) groups is 1. The normalized spacial score (nSPS) is 10.6. The molecule has 0 bridgehead atoms. The highest BCUT2D eigenvalue weighted by molar-refractivity contribution is 9.10. The first kappa shape index (κ1) is 18.9. The molecule has 0 aliphatic heterocycles. The first-order valence-electron chi connectivity index (χ1n) is 7.57. The summed E-state index contributed by atoms with van der Waals surface area (Å²) in [5, 5.41) is 2.83. The topological polar surface area (TPSA) is 56.8 Å². The highest BCUT2D eigenvalue weighted by Crippen LogP contribution is 2.38. The smallest absolute Gasteiger partial charge is 0.244 e. The maximum absolute atomic E-state index is 12.0. The van der Waals surface area contributed by atoms with Crippen LogP contribution in [-0.2, 0) is 11.3 Å². The summed E-state index contributed by atoms with van der Waals surface area (Å²) in [5.41, 5.74) is 1.80. The third kappa shape index (κ3) is 5.26. The van der Waals surface area contributed by atoms with Crippen molar-refractivity contribution in [2.45, 2.75) is 6.54 Å². The van der Waals surface area contributed by atoms with E-state index in [1.807, 2.05) is 24.3 Å². The first-order valence-corrected chi connectivity index (χ1v) is 8.37. The molecular weight excluding hydrogens is 386 g/mol. The van der Waals surface area contributed by atoms with Crippen molar-refractivity contribution >= 4 is 27.9 Å². The Kier molecular flexibility index (Phi) is 6.89. The van der Waals surface area contributed by atoms with Crippen LogP contribution in [0.4, 0.5) is 0 Å². The summed E-state index contributed by atoms with van der Waals surface area (Å²) >= 11 is 3.38. The van der Waals surface area contributed by atoms with Crippen LogP contribution in [0.1, 0.15) is 11.1 Å². The number of benzene rings is 2. The summed E-state index contributed by atoms with van der Waals surface area (Å²) in [4.78, 5) is 12.0. The lowest BCUT2D eigenvalue weighted by Crippen LogP contribution is -2.20. The maximum atomic E-state index is 12.0. The maximum Gasteiger partial charge on any atom is 0.244 e. The summed E-state index contributed by atoms with van der Waals surface area (Å²) in [6, 6.07) is 11.3. The Morgan fingerprint density at radius 3 is 2.16 bits per heavy atom. The van der Waals surface area contributed by atoms with E-state index in [0.29, 0.717) is 23.8 Å². The lowest BCUT2D eigenvalue weighted by molar-refractivity contribution is -0.116. The molecule has 1 amide bonds. The van der Waals surface area contributed by atoms with Gasteiger partial charge < -0.3 is 19.5 Å². The third-order valence-electron chi connectivity index (χ3n) is 3.49. The molecule has 2 aromatic carbocycles. The molecule has 132 valence electrons. The number of hydrogen-bond acceptors (Lipinski definition) is 4. The van der Waals surface area contributed by atoms with Crippen LogP contribution < -0.4 is 19.5 Å². The van der Waals surface area contributed by atoms with Crippen molar-refractivity contribution in [1.82, 2.24) is 5.32 Å². The molecular formula is C19H20BrNO4. The minimum atomic E-state index is -0.184. The van der Waals surface area contributed by atoms with Crippen molar-refractivity contribution in [3.63, 3.8) is 0 Å². The predicted octanol–water partition coefficient (Wildman–Crippen LogP) is 3.80. The third-order valence-corrected chi connectivity index (χ3v) is 4.02. The number of amides is 1.